The average molecular weight is 344 g/mol. The molecule has 0 unspecified atom stereocenters. The lowest BCUT2D eigenvalue weighted by Crippen LogP contribution is -2.88. The summed E-state index contributed by atoms with van der Waals surface area (Å²) in [6, 6.07) is 4.96. The van der Waals surface area contributed by atoms with Gasteiger partial charge in [0.15, 0.2) is 23.2 Å². The molecule has 0 saturated carbocycles. The summed E-state index contributed by atoms with van der Waals surface area (Å²) in [5.41, 5.74) is 7.71. The number of halogens is 1. The molecule has 122 valence electrons. The van der Waals surface area contributed by atoms with Gasteiger partial charge in [-0.1, -0.05) is 6.07 Å². The van der Waals surface area contributed by atoms with Crippen molar-refractivity contribution in [2.45, 2.75) is 6.54 Å². The van der Waals surface area contributed by atoms with E-state index in [1.54, 1.807) is 13.1 Å². The van der Waals surface area contributed by atoms with Gasteiger partial charge < -0.3 is 9.88 Å². The molecule has 1 aliphatic heterocycles. The summed E-state index contributed by atoms with van der Waals surface area (Å²) < 4.78 is 24.7. The topological polar surface area (TPSA) is 84.3 Å². The van der Waals surface area contributed by atoms with Crippen LogP contribution in [0.5, 0.6) is 0 Å². The third kappa shape index (κ3) is 2.43. The minimum Gasteiger partial charge on any atom is -0.370 e. The molecule has 1 aromatic carbocycles. The van der Waals surface area contributed by atoms with Crippen molar-refractivity contribution in [3.05, 3.63) is 48.1 Å². The highest BCUT2D eigenvalue weighted by molar-refractivity contribution is 6.99. The number of benzene rings is 1. The molecule has 0 atom stereocenters. The Labute approximate surface area is 141 Å². The van der Waals surface area contributed by atoms with Crippen molar-refractivity contribution < 1.29 is 9.82 Å². The predicted molar refractivity (Wildman–Crippen MR) is 90.4 cm³/mol. The number of aromatic nitrogens is 4. The Morgan fingerprint density at radius 2 is 2.29 bits per heavy atom. The molecule has 2 aromatic heterocycles. The van der Waals surface area contributed by atoms with Gasteiger partial charge in [0.1, 0.15) is 11.7 Å². The van der Waals surface area contributed by atoms with Crippen molar-refractivity contribution in [3.8, 4) is 11.5 Å². The number of rotatable bonds is 4. The van der Waals surface area contributed by atoms with Crippen LogP contribution < -0.4 is 16.2 Å². The van der Waals surface area contributed by atoms with Crippen LogP contribution in [0.25, 0.3) is 22.6 Å². The molecule has 0 aliphatic carbocycles. The van der Waals surface area contributed by atoms with Crippen LogP contribution >= 0.6 is 11.7 Å². The van der Waals surface area contributed by atoms with E-state index in [9.17, 15) is 4.39 Å². The van der Waals surface area contributed by atoms with Crippen LogP contribution in [0.15, 0.2) is 42.2 Å². The maximum atomic E-state index is 14.2. The normalized spacial score (nSPS) is 13.8. The standard InChI is InChI=1S/C15H14FN7S/c1-17-14-13(21-24-22-14)15-19-12-10(16)5-2-6-11(12)23(15)8-9-4-3-7-18-20-9/h2-7,18,20H,8H2,1H3,(H,17,22)/p+1. The third-order valence-corrected chi connectivity index (χ3v) is 4.30. The summed E-state index contributed by atoms with van der Waals surface area (Å²) in [4.78, 5) is 4.50. The molecule has 4 rings (SSSR count). The molecular weight excluding hydrogens is 329 g/mol. The van der Waals surface area contributed by atoms with E-state index in [-0.39, 0.29) is 5.82 Å². The lowest BCUT2D eigenvalue weighted by atomic mass is 10.3. The Hall–Kier alpha value is -2.78. The zero-order valence-corrected chi connectivity index (χ0v) is 13.6. The summed E-state index contributed by atoms with van der Waals surface area (Å²) in [6.07, 6.45) is 5.85. The molecular formula is C15H15FN7S+. The molecule has 0 bridgehead atoms. The number of para-hydroxylation sites is 1. The van der Waals surface area contributed by atoms with Crippen molar-refractivity contribution >= 4 is 28.6 Å². The van der Waals surface area contributed by atoms with Gasteiger partial charge in [-0.3, -0.25) is 0 Å². The minimum atomic E-state index is -0.348. The summed E-state index contributed by atoms with van der Waals surface area (Å²) in [6.45, 7) is 0.525. The number of nitrogens with one attached hydrogen (secondary N) is 2. The molecule has 0 saturated heterocycles. The van der Waals surface area contributed by atoms with Crippen molar-refractivity contribution in [2.24, 2.45) is 0 Å². The number of anilines is 1. The molecule has 0 spiro atoms. The largest absolute Gasteiger partial charge is 0.370 e. The second kappa shape index (κ2) is 6.02. The third-order valence-electron chi connectivity index (χ3n) is 3.77. The lowest BCUT2D eigenvalue weighted by molar-refractivity contribution is -0.643. The Balaban J connectivity index is 1.91. The first-order chi connectivity index (χ1) is 11.8. The van der Waals surface area contributed by atoms with E-state index < -0.39 is 0 Å². The van der Waals surface area contributed by atoms with Gasteiger partial charge in [0, 0.05) is 7.05 Å². The first-order valence-corrected chi connectivity index (χ1v) is 8.12. The molecule has 3 heterocycles. The number of imidazole rings is 1. The lowest BCUT2D eigenvalue weighted by Gasteiger charge is -2.13. The van der Waals surface area contributed by atoms with Crippen molar-refractivity contribution in [1.82, 2.24) is 23.7 Å². The Morgan fingerprint density at radius 1 is 1.38 bits per heavy atom. The number of fused-ring (bicyclic) bond motifs is 1. The fourth-order valence-electron chi connectivity index (χ4n) is 2.65. The van der Waals surface area contributed by atoms with Crippen LogP contribution in [0.2, 0.25) is 0 Å². The molecule has 0 radical (unpaired) electrons. The van der Waals surface area contributed by atoms with Crippen molar-refractivity contribution in [2.75, 3.05) is 12.4 Å². The predicted octanol–water partition coefficient (Wildman–Crippen LogP) is 1.21. The summed E-state index contributed by atoms with van der Waals surface area (Å²) in [5, 5.41) is 3.01. The van der Waals surface area contributed by atoms with E-state index in [4.69, 9.17) is 0 Å². The van der Waals surface area contributed by atoms with E-state index >= 15 is 0 Å². The maximum Gasteiger partial charge on any atom is 0.171 e. The Kier molecular flexibility index (Phi) is 3.71. The van der Waals surface area contributed by atoms with Gasteiger partial charge in [-0.2, -0.15) is 8.75 Å². The number of nitrogens with zero attached hydrogens (tertiary/aromatic N) is 4. The summed E-state index contributed by atoms with van der Waals surface area (Å²) in [5.74, 6) is 0.873. The van der Waals surface area contributed by atoms with E-state index in [2.05, 4.69) is 24.5 Å². The molecule has 3 aromatic rings. The number of hydrogen-bond donors (Lipinski definition) is 3. The minimum absolute atomic E-state index is 0.332. The van der Waals surface area contributed by atoms with E-state index in [0.717, 1.165) is 22.9 Å². The van der Waals surface area contributed by atoms with Gasteiger partial charge in [0.05, 0.1) is 29.5 Å². The highest BCUT2D eigenvalue weighted by atomic mass is 32.1. The molecule has 7 nitrogen and oxygen atoms in total. The number of nitrogens with two attached hydrogens (primary N) is 1. The first-order valence-electron chi connectivity index (χ1n) is 7.39. The van der Waals surface area contributed by atoms with Gasteiger partial charge in [0.2, 0.25) is 0 Å². The molecule has 0 amide bonds. The van der Waals surface area contributed by atoms with Gasteiger partial charge in [-0.15, -0.1) is 0 Å². The van der Waals surface area contributed by atoms with Gasteiger partial charge >= 0.3 is 0 Å². The Bertz CT molecular complexity index is 956. The average Bonchev–Trinajstić information content (AvgIpc) is 3.21. The van der Waals surface area contributed by atoms with Crippen LogP contribution in [0.4, 0.5) is 10.2 Å². The number of quaternary nitrogens is 1. The molecule has 24 heavy (non-hydrogen) atoms. The van der Waals surface area contributed by atoms with Crippen LogP contribution in [0, 0.1) is 5.82 Å². The number of allylic oxidation sites excluding steroid dienone is 3. The number of hydrogen-bond acceptors (Lipinski definition) is 6. The Morgan fingerprint density at radius 3 is 3.08 bits per heavy atom. The quantitative estimate of drug-likeness (QED) is 0.620. The fourth-order valence-corrected chi connectivity index (χ4v) is 3.20. The van der Waals surface area contributed by atoms with E-state index in [0.29, 0.717) is 29.4 Å². The smallest absolute Gasteiger partial charge is 0.171 e. The fraction of sp³-hybridized carbons (Fsp3) is 0.133. The van der Waals surface area contributed by atoms with E-state index in [1.165, 1.54) is 6.07 Å². The van der Waals surface area contributed by atoms with Gasteiger partial charge in [-0.05, 0) is 24.3 Å². The molecule has 9 heteroatoms. The second-order valence-corrected chi connectivity index (χ2v) is 5.76. The SMILES string of the molecule is CNc1nsnc1-c1nc2c(F)cccc2n1CC1=CC=C[NH2+]N1. The highest BCUT2D eigenvalue weighted by Gasteiger charge is 2.21. The summed E-state index contributed by atoms with van der Waals surface area (Å²) >= 11 is 1.10. The molecule has 4 N–H and O–H groups in total. The maximum absolute atomic E-state index is 14.2. The molecule has 0 fully saturated rings. The van der Waals surface area contributed by atoms with Crippen LogP contribution in [-0.2, 0) is 6.54 Å². The monoisotopic (exact) mass is 344 g/mol. The van der Waals surface area contributed by atoms with Crippen LogP contribution in [-0.4, -0.2) is 25.3 Å². The highest BCUT2D eigenvalue weighted by Crippen LogP contribution is 2.30. The van der Waals surface area contributed by atoms with Crippen LogP contribution in [0.1, 0.15) is 0 Å². The zero-order chi connectivity index (χ0) is 16.5. The summed E-state index contributed by atoms with van der Waals surface area (Å²) in [7, 11) is 1.78. The van der Waals surface area contributed by atoms with Crippen molar-refractivity contribution in [1.29, 1.82) is 0 Å². The molecule has 1 aliphatic rings. The van der Waals surface area contributed by atoms with E-state index in [1.807, 2.05) is 34.4 Å². The van der Waals surface area contributed by atoms with Crippen molar-refractivity contribution in [3.63, 3.8) is 0 Å². The van der Waals surface area contributed by atoms with Crippen LogP contribution in [0.3, 0.4) is 0 Å². The zero-order valence-electron chi connectivity index (χ0n) is 12.8. The van der Waals surface area contributed by atoms with Gasteiger partial charge in [-0.25, -0.2) is 20.2 Å². The second-order valence-electron chi connectivity index (χ2n) is 5.23. The van der Waals surface area contributed by atoms with Gasteiger partial charge in [0.25, 0.3) is 0 Å². The first kappa shape index (κ1) is 14.8.